The lowest BCUT2D eigenvalue weighted by Crippen LogP contribution is -2.33. The summed E-state index contributed by atoms with van der Waals surface area (Å²) in [7, 11) is 4.24. The molecule has 178 valence electrons. The molecule has 0 atom stereocenters. The minimum absolute atomic E-state index is 0.0641. The van der Waals surface area contributed by atoms with Crippen molar-refractivity contribution >= 4 is 21.6 Å². The van der Waals surface area contributed by atoms with E-state index in [4.69, 9.17) is 4.98 Å². The number of rotatable bonds is 11. The second-order valence-electron chi connectivity index (χ2n) is 9.21. The van der Waals surface area contributed by atoms with Crippen molar-refractivity contribution in [1.29, 1.82) is 0 Å². The molecule has 34 heavy (non-hydrogen) atoms. The molecule has 0 amide bonds. The van der Waals surface area contributed by atoms with Gasteiger partial charge in [-0.3, -0.25) is 14.3 Å². The Morgan fingerprint density at radius 1 is 0.912 bits per heavy atom. The summed E-state index contributed by atoms with van der Waals surface area (Å²) in [4.78, 5) is 23.8. The van der Waals surface area contributed by atoms with Crippen molar-refractivity contribution in [1.82, 2.24) is 19.4 Å². The topological polar surface area (TPSA) is 41.4 Å². The second-order valence-corrected chi connectivity index (χ2v) is 10.1. The van der Waals surface area contributed by atoms with Crippen LogP contribution in [0.15, 0.2) is 70.8 Å². The van der Waals surface area contributed by atoms with Gasteiger partial charge in [0.15, 0.2) is 0 Å². The van der Waals surface area contributed by atoms with Crippen LogP contribution >= 0.6 is 11.3 Å². The number of benzene rings is 2. The van der Waals surface area contributed by atoms with Gasteiger partial charge in [-0.25, -0.2) is 4.98 Å². The van der Waals surface area contributed by atoms with E-state index in [1.54, 1.807) is 11.3 Å². The highest BCUT2D eigenvalue weighted by molar-refractivity contribution is 7.16. The minimum atomic E-state index is 0.0641. The molecule has 0 aliphatic carbocycles. The third kappa shape index (κ3) is 6.41. The lowest BCUT2D eigenvalue weighted by Gasteiger charge is -2.24. The van der Waals surface area contributed by atoms with Crippen molar-refractivity contribution in [2.75, 3.05) is 33.7 Å². The minimum Gasteiger partial charge on any atom is -0.308 e. The van der Waals surface area contributed by atoms with Crippen LogP contribution in [0.3, 0.4) is 0 Å². The Morgan fingerprint density at radius 3 is 2.41 bits per heavy atom. The average Bonchev–Trinajstić information content (AvgIpc) is 3.30. The zero-order valence-electron chi connectivity index (χ0n) is 20.4. The maximum absolute atomic E-state index is 13.3. The van der Waals surface area contributed by atoms with E-state index in [0.717, 1.165) is 60.6 Å². The van der Waals surface area contributed by atoms with E-state index in [-0.39, 0.29) is 5.56 Å². The largest absolute Gasteiger partial charge is 0.308 e. The van der Waals surface area contributed by atoms with Gasteiger partial charge in [-0.05, 0) is 56.6 Å². The maximum Gasteiger partial charge on any atom is 0.262 e. The Balaban J connectivity index is 1.50. The Kier molecular flexibility index (Phi) is 8.27. The lowest BCUT2D eigenvalue weighted by atomic mass is 10.1. The summed E-state index contributed by atoms with van der Waals surface area (Å²) < 4.78 is 1.87. The van der Waals surface area contributed by atoms with Gasteiger partial charge in [0.2, 0.25) is 0 Å². The molecule has 0 fully saturated rings. The van der Waals surface area contributed by atoms with Crippen molar-refractivity contribution in [3.8, 4) is 0 Å². The van der Waals surface area contributed by atoms with E-state index in [2.05, 4.69) is 67.2 Å². The third-order valence-electron chi connectivity index (χ3n) is 6.11. The summed E-state index contributed by atoms with van der Waals surface area (Å²) in [5.41, 5.74) is 3.81. The molecule has 2 heterocycles. The zero-order valence-corrected chi connectivity index (χ0v) is 21.2. The molecule has 0 radical (unpaired) electrons. The molecule has 2 aromatic heterocycles. The van der Waals surface area contributed by atoms with Crippen molar-refractivity contribution in [2.24, 2.45) is 0 Å². The van der Waals surface area contributed by atoms with Crippen molar-refractivity contribution < 1.29 is 0 Å². The molecular formula is C28H34N4OS. The molecule has 0 saturated heterocycles. The van der Waals surface area contributed by atoms with E-state index in [0.29, 0.717) is 6.54 Å². The number of hydrogen-bond acceptors (Lipinski definition) is 5. The van der Waals surface area contributed by atoms with Crippen molar-refractivity contribution in [2.45, 2.75) is 32.9 Å². The first kappa shape index (κ1) is 24.3. The van der Waals surface area contributed by atoms with Gasteiger partial charge in [0.25, 0.3) is 5.56 Å². The van der Waals surface area contributed by atoms with E-state index >= 15 is 0 Å². The monoisotopic (exact) mass is 474 g/mol. The van der Waals surface area contributed by atoms with Crippen LogP contribution in [0.5, 0.6) is 0 Å². The van der Waals surface area contributed by atoms with Gasteiger partial charge >= 0.3 is 0 Å². The van der Waals surface area contributed by atoms with Crippen molar-refractivity contribution in [3.63, 3.8) is 0 Å². The van der Waals surface area contributed by atoms with Gasteiger partial charge in [0, 0.05) is 26.1 Å². The van der Waals surface area contributed by atoms with E-state index in [1.165, 1.54) is 11.1 Å². The number of fused-ring (bicyclic) bond motifs is 1. The second kappa shape index (κ2) is 11.6. The molecule has 4 rings (SSSR count). The van der Waals surface area contributed by atoms with E-state index in [1.807, 2.05) is 34.2 Å². The van der Waals surface area contributed by atoms with Crippen LogP contribution in [0.1, 0.15) is 28.9 Å². The van der Waals surface area contributed by atoms with Crippen LogP contribution in [0.25, 0.3) is 10.2 Å². The first-order chi connectivity index (χ1) is 16.5. The van der Waals surface area contributed by atoms with Gasteiger partial charge in [0.05, 0.1) is 11.9 Å². The molecule has 5 nitrogen and oxygen atoms in total. The van der Waals surface area contributed by atoms with Crippen LogP contribution in [0.2, 0.25) is 0 Å². The van der Waals surface area contributed by atoms with E-state index < -0.39 is 0 Å². The number of thiophene rings is 1. The Labute approximate surface area is 206 Å². The van der Waals surface area contributed by atoms with Crippen LogP contribution in [-0.2, 0) is 19.5 Å². The molecule has 6 heteroatoms. The fraction of sp³-hybridized carbons (Fsp3) is 0.357. The molecule has 0 bridgehead atoms. The van der Waals surface area contributed by atoms with Crippen LogP contribution in [0, 0.1) is 6.92 Å². The summed E-state index contributed by atoms with van der Waals surface area (Å²) in [6.07, 6.45) is 1.74. The van der Waals surface area contributed by atoms with Crippen LogP contribution in [-0.4, -0.2) is 53.1 Å². The summed E-state index contributed by atoms with van der Waals surface area (Å²) in [5.74, 6) is 0.881. The number of aromatic nitrogens is 2. The number of hydrogen-bond donors (Lipinski definition) is 0. The smallest absolute Gasteiger partial charge is 0.262 e. The van der Waals surface area contributed by atoms with Gasteiger partial charge in [-0.2, -0.15) is 0 Å². The van der Waals surface area contributed by atoms with Crippen LogP contribution < -0.4 is 5.56 Å². The highest BCUT2D eigenvalue weighted by Crippen LogP contribution is 2.17. The summed E-state index contributed by atoms with van der Waals surface area (Å²) in [6.45, 7) is 6.61. The molecule has 0 N–H and O–H groups in total. The lowest BCUT2D eigenvalue weighted by molar-refractivity contribution is 0.230. The third-order valence-corrected chi connectivity index (χ3v) is 6.92. The van der Waals surface area contributed by atoms with Gasteiger partial charge in [-0.15, -0.1) is 11.3 Å². The van der Waals surface area contributed by atoms with Gasteiger partial charge in [0.1, 0.15) is 10.7 Å². The predicted octanol–water partition coefficient (Wildman–Crippen LogP) is 4.81. The Bertz CT molecular complexity index is 1250. The Morgan fingerprint density at radius 2 is 1.68 bits per heavy atom. The molecule has 0 aliphatic rings. The maximum atomic E-state index is 13.3. The summed E-state index contributed by atoms with van der Waals surface area (Å²) in [5, 5.41) is 2.68. The highest BCUT2D eigenvalue weighted by Gasteiger charge is 2.14. The molecule has 0 spiro atoms. The fourth-order valence-corrected chi connectivity index (χ4v) is 4.91. The predicted molar refractivity (Wildman–Crippen MR) is 143 cm³/mol. The summed E-state index contributed by atoms with van der Waals surface area (Å²) >= 11 is 1.54. The fourth-order valence-electron chi connectivity index (χ4n) is 4.13. The SMILES string of the molecule is Cc1ccc(CN(CCCc2nc3sccc3c(=O)n2Cc2ccccc2)CCN(C)C)cc1. The highest BCUT2D eigenvalue weighted by atomic mass is 32.1. The number of nitrogens with zero attached hydrogens (tertiary/aromatic N) is 4. The molecule has 0 saturated carbocycles. The normalized spacial score (nSPS) is 11.7. The number of likely N-dealkylation sites (N-methyl/N-ethyl adjacent to an activating group) is 1. The van der Waals surface area contributed by atoms with Crippen molar-refractivity contribution in [3.05, 3.63) is 98.9 Å². The standard InChI is InChI=1S/C28H34N4OS/c1-22-11-13-24(14-12-22)20-31(18-17-30(2)3)16-7-10-26-29-27-25(15-19-34-27)28(33)32(26)21-23-8-5-4-6-9-23/h4-6,8-9,11-15,19H,7,10,16-18,20-21H2,1-3H3. The molecule has 0 aliphatic heterocycles. The summed E-state index contributed by atoms with van der Waals surface area (Å²) in [6, 6.07) is 20.9. The van der Waals surface area contributed by atoms with Gasteiger partial charge in [-0.1, -0.05) is 60.2 Å². The number of aryl methyl sites for hydroxylation is 2. The zero-order chi connectivity index (χ0) is 23.9. The van der Waals surface area contributed by atoms with E-state index in [9.17, 15) is 4.79 Å². The molecule has 4 aromatic rings. The quantitative estimate of drug-likeness (QED) is 0.313. The first-order valence-corrected chi connectivity index (χ1v) is 12.8. The molecular weight excluding hydrogens is 440 g/mol. The molecule has 2 aromatic carbocycles. The van der Waals surface area contributed by atoms with Gasteiger partial charge < -0.3 is 4.90 Å². The van der Waals surface area contributed by atoms with Crippen LogP contribution in [0.4, 0.5) is 0 Å². The first-order valence-electron chi connectivity index (χ1n) is 11.9. The average molecular weight is 475 g/mol. The Hall–Kier alpha value is -2.80. The molecule has 0 unspecified atom stereocenters.